The maximum Gasteiger partial charge on any atom is 0.300 e. The van der Waals surface area contributed by atoms with Crippen LogP contribution < -0.4 is 0 Å². The molecular weight excluding hydrogens is 296 g/mol. The molecule has 5 heteroatoms. The zero-order valence-corrected chi connectivity index (χ0v) is 13.6. The highest BCUT2D eigenvalue weighted by Gasteiger charge is 2.34. The van der Waals surface area contributed by atoms with Gasteiger partial charge in [-0.05, 0) is 43.5 Å². The van der Waals surface area contributed by atoms with Crippen molar-refractivity contribution in [3.05, 3.63) is 35.6 Å². The number of hydrogen-bond donors (Lipinski definition) is 1. The first kappa shape index (κ1) is 15.2. The standard InChI is InChI=1S/C17H20N2O2S/c1-2-19-16(20)15(11-12-7-9-14(22)10-8-12)21-17(19)18-13-5-3-4-6-13/h7-11,13,22H,2-6H2,1H3/b15-11+,18-17+. The van der Waals surface area contributed by atoms with Gasteiger partial charge in [0, 0.05) is 11.4 Å². The molecule has 1 saturated heterocycles. The van der Waals surface area contributed by atoms with Crippen molar-refractivity contribution in [3.63, 3.8) is 0 Å². The van der Waals surface area contributed by atoms with Crippen LogP contribution in [-0.2, 0) is 9.53 Å². The molecule has 1 aliphatic heterocycles. The van der Waals surface area contributed by atoms with E-state index in [2.05, 4.69) is 17.6 Å². The van der Waals surface area contributed by atoms with Crippen molar-refractivity contribution in [2.75, 3.05) is 6.54 Å². The van der Waals surface area contributed by atoms with Crippen LogP contribution in [0, 0.1) is 0 Å². The lowest BCUT2D eigenvalue weighted by molar-refractivity contribution is -0.122. The summed E-state index contributed by atoms with van der Waals surface area (Å²) in [6.07, 6.45) is 6.35. The number of carbonyl (C=O) groups excluding carboxylic acids is 1. The van der Waals surface area contributed by atoms with Crippen molar-refractivity contribution in [1.82, 2.24) is 4.90 Å². The Morgan fingerprint density at radius 1 is 1.32 bits per heavy atom. The molecule has 0 spiro atoms. The average Bonchev–Trinajstić information content (AvgIpc) is 3.11. The summed E-state index contributed by atoms with van der Waals surface area (Å²) in [5.74, 6) is 0.222. The minimum Gasteiger partial charge on any atom is -0.420 e. The molecular formula is C17H20N2O2S. The largest absolute Gasteiger partial charge is 0.420 e. The van der Waals surface area contributed by atoms with Gasteiger partial charge in [0.25, 0.3) is 5.91 Å². The van der Waals surface area contributed by atoms with Gasteiger partial charge in [0.2, 0.25) is 0 Å². The second kappa shape index (κ2) is 6.57. The van der Waals surface area contributed by atoms with Crippen molar-refractivity contribution in [1.29, 1.82) is 0 Å². The monoisotopic (exact) mass is 316 g/mol. The fraction of sp³-hybridized carbons (Fsp3) is 0.412. The number of aliphatic imine (C=N–C) groups is 1. The summed E-state index contributed by atoms with van der Waals surface area (Å²) in [6, 6.07) is 8.35. The molecule has 1 heterocycles. The lowest BCUT2D eigenvalue weighted by atomic mass is 10.2. The Balaban J connectivity index is 1.84. The number of amides is 1. The number of amidine groups is 1. The third-order valence-corrected chi connectivity index (χ3v) is 4.31. The highest BCUT2D eigenvalue weighted by molar-refractivity contribution is 7.80. The van der Waals surface area contributed by atoms with E-state index in [0.29, 0.717) is 24.4 Å². The summed E-state index contributed by atoms with van der Waals surface area (Å²) in [6.45, 7) is 2.50. The van der Waals surface area contributed by atoms with E-state index in [9.17, 15) is 4.79 Å². The second-order valence-corrected chi connectivity index (χ2v) is 6.12. The smallest absolute Gasteiger partial charge is 0.300 e. The summed E-state index contributed by atoms with van der Waals surface area (Å²) in [4.78, 5) is 19.6. The van der Waals surface area contributed by atoms with Crippen LogP contribution in [-0.4, -0.2) is 29.4 Å². The molecule has 1 saturated carbocycles. The molecule has 0 aromatic heterocycles. The van der Waals surface area contributed by atoms with E-state index in [4.69, 9.17) is 4.74 Å². The average molecular weight is 316 g/mol. The molecule has 2 fully saturated rings. The Labute approximate surface area is 136 Å². The van der Waals surface area contributed by atoms with Crippen molar-refractivity contribution in [2.24, 2.45) is 4.99 Å². The molecule has 0 bridgehead atoms. The molecule has 2 aliphatic rings. The first-order chi connectivity index (χ1) is 10.7. The zero-order valence-electron chi connectivity index (χ0n) is 12.7. The van der Waals surface area contributed by atoms with Crippen molar-refractivity contribution in [2.45, 2.75) is 43.5 Å². The molecule has 1 amide bonds. The number of rotatable bonds is 3. The van der Waals surface area contributed by atoms with Crippen molar-refractivity contribution < 1.29 is 9.53 Å². The summed E-state index contributed by atoms with van der Waals surface area (Å²) in [7, 11) is 0. The van der Waals surface area contributed by atoms with Crippen LogP contribution >= 0.6 is 12.6 Å². The van der Waals surface area contributed by atoms with Crippen LogP contribution in [0.1, 0.15) is 38.2 Å². The molecule has 0 atom stereocenters. The SMILES string of the molecule is CCN1C(=O)/C(=C\c2ccc(S)cc2)O/C1=N/C1CCCC1. The van der Waals surface area contributed by atoms with E-state index >= 15 is 0 Å². The summed E-state index contributed by atoms with van der Waals surface area (Å²) >= 11 is 4.26. The fourth-order valence-corrected chi connectivity index (χ4v) is 2.94. The number of ether oxygens (including phenoxy) is 1. The molecule has 1 aromatic carbocycles. The molecule has 3 rings (SSSR count). The number of hydrogen-bond acceptors (Lipinski definition) is 4. The molecule has 22 heavy (non-hydrogen) atoms. The first-order valence-electron chi connectivity index (χ1n) is 7.75. The van der Waals surface area contributed by atoms with Gasteiger partial charge in [-0.3, -0.25) is 9.69 Å². The van der Waals surface area contributed by atoms with Gasteiger partial charge in [0.05, 0.1) is 6.04 Å². The zero-order chi connectivity index (χ0) is 15.5. The Bertz CT molecular complexity index is 616. The molecule has 1 aromatic rings. The molecule has 116 valence electrons. The fourth-order valence-electron chi connectivity index (χ4n) is 2.79. The minimum absolute atomic E-state index is 0.116. The minimum atomic E-state index is -0.116. The van der Waals surface area contributed by atoms with Crippen LogP contribution in [0.15, 0.2) is 39.9 Å². The topological polar surface area (TPSA) is 41.9 Å². The highest BCUT2D eigenvalue weighted by atomic mass is 32.1. The molecule has 4 nitrogen and oxygen atoms in total. The number of nitrogens with zero attached hydrogens (tertiary/aromatic N) is 2. The second-order valence-electron chi connectivity index (χ2n) is 5.60. The third-order valence-electron chi connectivity index (χ3n) is 4.01. The van der Waals surface area contributed by atoms with Crippen molar-refractivity contribution >= 4 is 30.6 Å². The lowest BCUT2D eigenvalue weighted by Gasteiger charge is -2.11. The number of thiol groups is 1. The predicted molar refractivity (Wildman–Crippen MR) is 89.8 cm³/mol. The van der Waals surface area contributed by atoms with E-state index in [0.717, 1.165) is 23.3 Å². The van der Waals surface area contributed by atoms with Crippen LogP contribution in [0.4, 0.5) is 0 Å². The van der Waals surface area contributed by atoms with Gasteiger partial charge in [-0.1, -0.05) is 25.0 Å². The quantitative estimate of drug-likeness (QED) is 0.685. The van der Waals surface area contributed by atoms with E-state index in [1.807, 2.05) is 31.2 Å². The van der Waals surface area contributed by atoms with Gasteiger partial charge >= 0.3 is 6.02 Å². The van der Waals surface area contributed by atoms with E-state index in [1.165, 1.54) is 12.8 Å². The molecule has 0 N–H and O–H groups in total. The molecule has 0 radical (unpaired) electrons. The van der Waals surface area contributed by atoms with Gasteiger partial charge in [0.15, 0.2) is 5.76 Å². The van der Waals surface area contributed by atoms with Gasteiger partial charge in [0.1, 0.15) is 0 Å². The van der Waals surface area contributed by atoms with Crippen LogP contribution in [0.25, 0.3) is 6.08 Å². The van der Waals surface area contributed by atoms with Crippen LogP contribution in [0.3, 0.4) is 0 Å². The predicted octanol–water partition coefficient (Wildman–Crippen LogP) is 3.49. The normalized spacial score (nSPS) is 22.8. The Morgan fingerprint density at radius 3 is 2.64 bits per heavy atom. The van der Waals surface area contributed by atoms with Crippen LogP contribution in [0.5, 0.6) is 0 Å². The van der Waals surface area contributed by atoms with Gasteiger partial charge in [-0.15, -0.1) is 12.6 Å². The lowest BCUT2D eigenvalue weighted by Crippen LogP contribution is -2.30. The third kappa shape index (κ3) is 3.19. The Kier molecular flexibility index (Phi) is 4.52. The number of likely N-dealkylation sites (N-methyl/N-ethyl adjacent to an activating group) is 1. The van der Waals surface area contributed by atoms with Crippen molar-refractivity contribution in [3.8, 4) is 0 Å². The number of benzene rings is 1. The number of carbonyl (C=O) groups is 1. The maximum absolute atomic E-state index is 12.4. The molecule has 0 unspecified atom stereocenters. The Hall–Kier alpha value is -1.75. The summed E-state index contributed by atoms with van der Waals surface area (Å²) < 4.78 is 5.74. The van der Waals surface area contributed by atoms with Crippen LogP contribution in [0.2, 0.25) is 0 Å². The van der Waals surface area contributed by atoms with Gasteiger partial charge in [-0.25, -0.2) is 4.99 Å². The van der Waals surface area contributed by atoms with E-state index in [1.54, 1.807) is 11.0 Å². The van der Waals surface area contributed by atoms with E-state index < -0.39 is 0 Å². The van der Waals surface area contributed by atoms with Gasteiger partial charge < -0.3 is 4.74 Å². The summed E-state index contributed by atoms with van der Waals surface area (Å²) in [5, 5.41) is 0. The highest BCUT2D eigenvalue weighted by Crippen LogP contribution is 2.25. The van der Waals surface area contributed by atoms with Gasteiger partial charge in [-0.2, -0.15) is 0 Å². The first-order valence-corrected chi connectivity index (χ1v) is 8.20. The Morgan fingerprint density at radius 2 is 2.00 bits per heavy atom. The molecule has 1 aliphatic carbocycles. The summed E-state index contributed by atoms with van der Waals surface area (Å²) in [5.41, 5.74) is 0.916. The van der Waals surface area contributed by atoms with E-state index in [-0.39, 0.29) is 5.91 Å². The maximum atomic E-state index is 12.4.